The highest BCUT2D eigenvalue weighted by molar-refractivity contribution is 9.09. The topological polar surface area (TPSA) is 18.5 Å². The predicted molar refractivity (Wildman–Crippen MR) is 138 cm³/mol. The van der Waals surface area contributed by atoms with Gasteiger partial charge in [0.25, 0.3) is 0 Å². The van der Waals surface area contributed by atoms with E-state index in [-0.39, 0.29) is 0 Å². The molecule has 0 aromatic rings. The van der Waals surface area contributed by atoms with Crippen LogP contribution in [0, 0.1) is 0 Å². The summed E-state index contributed by atoms with van der Waals surface area (Å²) in [7, 11) is 4.69. The molecular weight excluding hydrogens is 425 g/mol. The van der Waals surface area contributed by atoms with Gasteiger partial charge in [0.1, 0.15) is 0 Å². The van der Waals surface area contributed by atoms with Crippen LogP contribution in [0.25, 0.3) is 0 Å². The molecule has 0 aliphatic rings. The largest absolute Gasteiger partial charge is 0.382 e. The summed E-state index contributed by atoms with van der Waals surface area (Å²) in [6.45, 7) is 16.1. The van der Waals surface area contributed by atoms with Crippen molar-refractivity contribution in [2.45, 2.75) is 103 Å². The van der Waals surface area contributed by atoms with E-state index in [9.17, 15) is 0 Å². The van der Waals surface area contributed by atoms with E-state index in [1.807, 2.05) is 31.4 Å². The third-order valence-corrected chi connectivity index (χ3v) is 13.1. The second-order valence-electron chi connectivity index (χ2n) is 8.01. The molecular formula is C20H46O2S3Si2. The van der Waals surface area contributed by atoms with Gasteiger partial charge in [0.2, 0.25) is 0 Å². The average Bonchev–Trinajstić information content (AvgIpc) is 2.63. The zero-order chi connectivity index (χ0) is 20.3. The maximum atomic E-state index is 6.11. The van der Waals surface area contributed by atoms with Crippen molar-refractivity contribution < 1.29 is 9.47 Å². The predicted octanol–water partition coefficient (Wildman–Crippen LogP) is 7.00. The first-order chi connectivity index (χ1) is 13.0. The van der Waals surface area contributed by atoms with Gasteiger partial charge in [-0.25, -0.2) is 0 Å². The summed E-state index contributed by atoms with van der Waals surface area (Å²) in [4.78, 5) is 0. The van der Waals surface area contributed by atoms with Gasteiger partial charge in [-0.1, -0.05) is 74.5 Å². The van der Waals surface area contributed by atoms with Crippen molar-refractivity contribution in [3.05, 3.63) is 0 Å². The van der Waals surface area contributed by atoms with Crippen LogP contribution in [0.15, 0.2) is 0 Å². The van der Waals surface area contributed by atoms with Crippen molar-refractivity contribution in [2.24, 2.45) is 0 Å². The lowest BCUT2D eigenvalue weighted by molar-refractivity contribution is 0.0940. The second-order valence-corrected chi connectivity index (χ2v) is 18.9. The summed E-state index contributed by atoms with van der Waals surface area (Å²) in [6.07, 6.45) is 10.0. The number of hydrogen-bond donors (Lipinski definition) is 0. The maximum absolute atomic E-state index is 6.11. The molecule has 0 saturated heterocycles. The smallest absolute Gasteiger partial charge is 0.0656 e. The first kappa shape index (κ1) is 28.4. The van der Waals surface area contributed by atoms with Crippen molar-refractivity contribution in [1.82, 2.24) is 0 Å². The van der Waals surface area contributed by atoms with E-state index in [1.54, 1.807) is 0 Å². The Morgan fingerprint density at radius 1 is 0.667 bits per heavy atom. The summed E-state index contributed by atoms with van der Waals surface area (Å²) in [5, 5.41) is 0. The van der Waals surface area contributed by atoms with Crippen LogP contribution in [-0.4, -0.2) is 53.8 Å². The molecule has 2 nitrogen and oxygen atoms in total. The van der Waals surface area contributed by atoms with Crippen LogP contribution in [0.3, 0.4) is 0 Å². The Morgan fingerprint density at radius 3 is 1.41 bits per heavy atom. The first-order valence-electron chi connectivity index (χ1n) is 11.2. The van der Waals surface area contributed by atoms with Crippen molar-refractivity contribution in [1.29, 1.82) is 0 Å². The minimum absolute atomic E-state index is 0.583. The van der Waals surface area contributed by atoms with Crippen LogP contribution in [-0.2, 0) is 9.47 Å². The lowest BCUT2D eigenvalue weighted by Gasteiger charge is -2.21. The molecule has 0 rings (SSSR count). The van der Waals surface area contributed by atoms with Crippen LogP contribution in [0.4, 0.5) is 0 Å². The highest BCUT2D eigenvalue weighted by atomic mass is 33.5. The normalized spacial score (nSPS) is 14.2. The number of unbranched alkanes of at least 4 members (excludes halogenated alkanes) is 2. The van der Waals surface area contributed by atoms with Crippen LogP contribution in [0.1, 0.15) is 65.2 Å². The van der Waals surface area contributed by atoms with E-state index < -0.39 is 17.6 Å². The Kier molecular flexibility index (Phi) is 21.7. The third-order valence-electron chi connectivity index (χ3n) is 4.68. The Labute approximate surface area is 185 Å². The van der Waals surface area contributed by atoms with Crippen LogP contribution < -0.4 is 0 Å². The Morgan fingerprint density at radius 2 is 1.07 bits per heavy atom. The minimum Gasteiger partial charge on any atom is -0.382 e. The molecule has 0 aromatic heterocycles. The quantitative estimate of drug-likeness (QED) is 0.108. The Bertz CT molecular complexity index is 283. The highest BCUT2D eigenvalue weighted by Gasteiger charge is 2.15. The first-order valence-corrected chi connectivity index (χ1v) is 20.9. The fraction of sp³-hybridized carbons (Fsp3) is 1.00. The SMILES string of the molecule is CCCCOC(CCCSSSCCCC(OCCCC)[SiH](C)C)[SiH](C)C. The van der Waals surface area contributed by atoms with E-state index in [4.69, 9.17) is 9.47 Å². The van der Waals surface area contributed by atoms with Gasteiger partial charge in [-0.3, -0.25) is 0 Å². The molecule has 0 amide bonds. The molecule has 0 fully saturated rings. The van der Waals surface area contributed by atoms with Gasteiger partial charge < -0.3 is 9.47 Å². The lowest BCUT2D eigenvalue weighted by Crippen LogP contribution is -2.28. The molecule has 0 N–H and O–H groups in total. The average molecular weight is 471 g/mol. The van der Waals surface area contributed by atoms with Crippen LogP contribution in [0.2, 0.25) is 26.2 Å². The van der Waals surface area contributed by atoms with E-state index in [0.717, 1.165) is 13.2 Å². The molecule has 27 heavy (non-hydrogen) atoms. The summed E-state index contributed by atoms with van der Waals surface area (Å²) in [5.41, 5.74) is 1.17. The summed E-state index contributed by atoms with van der Waals surface area (Å²) in [5.74, 6) is 2.52. The van der Waals surface area contributed by atoms with E-state index >= 15 is 0 Å². The number of ether oxygens (including phenoxy) is 2. The molecule has 0 saturated carbocycles. The Balaban J connectivity index is 3.61. The van der Waals surface area contributed by atoms with Gasteiger partial charge in [-0.15, -0.1) is 0 Å². The molecule has 0 bridgehead atoms. The van der Waals surface area contributed by atoms with Crippen molar-refractivity contribution >= 4 is 49.0 Å². The van der Waals surface area contributed by atoms with E-state index in [2.05, 4.69) is 40.0 Å². The van der Waals surface area contributed by atoms with Gasteiger partial charge in [-0.2, -0.15) is 0 Å². The Hall–Kier alpha value is 1.40. The fourth-order valence-corrected chi connectivity index (χ4v) is 9.54. The monoisotopic (exact) mass is 470 g/mol. The van der Waals surface area contributed by atoms with Gasteiger partial charge in [-0.05, 0) is 48.4 Å². The number of rotatable bonds is 20. The van der Waals surface area contributed by atoms with Gasteiger partial charge in [0.05, 0.1) is 17.6 Å². The molecule has 2 atom stereocenters. The molecule has 7 heteroatoms. The molecule has 164 valence electrons. The summed E-state index contributed by atoms with van der Waals surface area (Å²) >= 11 is 0. The highest BCUT2D eigenvalue weighted by Crippen LogP contribution is 2.36. The van der Waals surface area contributed by atoms with Gasteiger partial charge >= 0.3 is 0 Å². The van der Waals surface area contributed by atoms with E-state index in [0.29, 0.717) is 11.5 Å². The molecule has 2 unspecified atom stereocenters. The maximum Gasteiger partial charge on any atom is 0.0656 e. The molecule has 0 radical (unpaired) electrons. The van der Waals surface area contributed by atoms with Crippen molar-refractivity contribution in [3.8, 4) is 0 Å². The second kappa shape index (κ2) is 20.7. The van der Waals surface area contributed by atoms with Crippen molar-refractivity contribution in [3.63, 3.8) is 0 Å². The lowest BCUT2D eigenvalue weighted by atomic mass is 10.3. The standard InChI is InChI=1S/C20H46O2S3Si2/c1-7-9-15-21-19(26(3)4)13-11-17-23-25-24-18-12-14-20(27(5)6)22-16-10-8-2/h19-20,26-27H,7-18H2,1-6H3. The zero-order valence-electron chi connectivity index (χ0n) is 18.8. The minimum atomic E-state index is -0.684. The number of hydrogen-bond acceptors (Lipinski definition) is 5. The summed E-state index contributed by atoms with van der Waals surface area (Å²) in [6, 6.07) is 0. The molecule has 0 spiro atoms. The molecule has 0 aliphatic heterocycles. The fourth-order valence-electron chi connectivity index (χ4n) is 2.77. The van der Waals surface area contributed by atoms with Crippen molar-refractivity contribution in [2.75, 3.05) is 24.7 Å². The molecule has 0 heterocycles. The van der Waals surface area contributed by atoms with E-state index in [1.165, 1.54) is 62.9 Å². The van der Waals surface area contributed by atoms with Gasteiger partial charge in [0, 0.05) is 36.2 Å². The molecule has 0 aliphatic carbocycles. The van der Waals surface area contributed by atoms with Crippen LogP contribution >= 0.6 is 31.4 Å². The summed E-state index contributed by atoms with van der Waals surface area (Å²) < 4.78 is 12.2. The third kappa shape index (κ3) is 17.9. The zero-order valence-corrected chi connectivity index (χ0v) is 23.6. The molecule has 0 aromatic carbocycles. The van der Waals surface area contributed by atoms with Gasteiger partial charge in [0.15, 0.2) is 0 Å². The van der Waals surface area contributed by atoms with Crippen LogP contribution in [0.5, 0.6) is 0 Å².